The third-order valence-corrected chi connectivity index (χ3v) is 7.89. The fourth-order valence-electron chi connectivity index (χ4n) is 4.42. The average molecular weight is 502 g/mol. The molecule has 1 aliphatic carbocycles. The van der Waals surface area contributed by atoms with E-state index < -0.39 is 28.3 Å². The molecule has 4 heterocycles. The van der Waals surface area contributed by atoms with Gasteiger partial charge in [0.05, 0.1) is 49.1 Å². The zero-order valence-electron chi connectivity index (χ0n) is 17.8. The summed E-state index contributed by atoms with van der Waals surface area (Å²) in [5.41, 5.74) is 0.730. The predicted molar refractivity (Wildman–Crippen MR) is 119 cm³/mol. The van der Waals surface area contributed by atoms with Crippen LogP contribution in [0.25, 0.3) is 0 Å². The minimum atomic E-state index is -3.56. The summed E-state index contributed by atoms with van der Waals surface area (Å²) in [6, 6.07) is -0.779. The number of nitrogens with one attached hydrogen (secondary N) is 3. The summed E-state index contributed by atoms with van der Waals surface area (Å²) in [5.74, 6) is 0.538. The maximum absolute atomic E-state index is 13.0. The van der Waals surface area contributed by atoms with Crippen LogP contribution in [0.4, 0.5) is 21.8 Å². The predicted octanol–water partition coefficient (Wildman–Crippen LogP) is 1.22. The largest absolute Gasteiger partial charge is 0.371 e. The van der Waals surface area contributed by atoms with E-state index in [-0.39, 0.29) is 30.4 Å². The average Bonchev–Trinajstić information content (AvgIpc) is 3.42. The van der Waals surface area contributed by atoms with E-state index in [0.717, 1.165) is 5.69 Å². The van der Waals surface area contributed by atoms with Crippen LogP contribution in [0.2, 0.25) is 5.02 Å². The van der Waals surface area contributed by atoms with Crippen LogP contribution in [0.5, 0.6) is 0 Å². The Balaban J connectivity index is 1.20. The Hall–Kier alpha value is -2.06. The Labute approximate surface area is 195 Å². The second kappa shape index (κ2) is 8.95. The molecule has 180 valence electrons. The quantitative estimate of drug-likeness (QED) is 0.488. The summed E-state index contributed by atoms with van der Waals surface area (Å²) >= 11 is 6.29. The smallest absolute Gasteiger partial charge is 0.229 e. The van der Waals surface area contributed by atoms with Gasteiger partial charge in [0.1, 0.15) is 23.4 Å². The summed E-state index contributed by atoms with van der Waals surface area (Å²) in [5, 5.41) is 10.7. The molecule has 11 nitrogen and oxygen atoms in total. The number of sulfonamides is 1. The zero-order valence-corrected chi connectivity index (χ0v) is 19.4. The van der Waals surface area contributed by atoms with Gasteiger partial charge in [0.2, 0.25) is 16.0 Å². The number of ether oxygens (including phenoxy) is 2. The van der Waals surface area contributed by atoms with E-state index in [2.05, 4.69) is 30.4 Å². The first-order valence-electron chi connectivity index (χ1n) is 10.7. The fraction of sp³-hybridized carbons (Fsp3) is 0.632. The lowest BCUT2D eigenvalue weighted by molar-refractivity contribution is 0.0690. The van der Waals surface area contributed by atoms with Crippen molar-refractivity contribution in [3.8, 4) is 0 Å². The molecule has 4 unspecified atom stereocenters. The Morgan fingerprint density at radius 2 is 1.94 bits per heavy atom. The molecular weight excluding hydrogens is 477 g/mol. The van der Waals surface area contributed by atoms with Gasteiger partial charge in [-0.2, -0.15) is 10.1 Å². The molecule has 3 fully saturated rings. The van der Waals surface area contributed by atoms with Crippen molar-refractivity contribution in [1.29, 1.82) is 0 Å². The van der Waals surface area contributed by atoms with Crippen molar-refractivity contribution in [2.75, 3.05) is 29.6 Å². The Morgan fingerprint density at radius 3 is 2.64 bits per heavy atom. The molecule has 0 spiro atoms. The van der Waals surface area contributed by atoms with Gasteiger partial charge in [0, 0.05) is 13.2 Å². The first-order valence-corrected chi connectivity index (χ1v) is 12.7. The molecule has 3 aliphatic rings. The van der Waals surface area contributed by atoms with Crippen molar-refractivity contribution in [2.24, 2.45) is 13.0 Å². The topological polar surface area (TPSA) is 132 Å². The number of fused-ring (bicyclic) bond motifs is 1. The summed E-state index contributed by atoms with van der Waals surface area (Å²) in [4.78, 5) is 8.61. The van der Waals surface area contributed by atoms with Gasteiger partial charge < -0.3 is 20.1 Å². The zero-order chi connectivity index (χ0) is 23.2. The lowest BCUT2D eigenvalue weighted by Crippen LogP contribution is -2.47. The molecule has 4 atom stereocenters. The monoisotopic (exact) mass is 501 g/mol. The lowest BCUT2D eigenvalue weighted by atomic mass is 9.85. The van der Waals surface area contributed by atoms with Crippen LogP contribution in [0.3, 0.4) is 0 Å². The van der Waals surface area contributed by atoms with E-state index in [1.165, 1.54) is 6.20 Å². The molecule has 0 aromatic carbocycles. The number of aryl methyl sites for hydroxylation is 1. The lowest BCUT2D eigenvalue weighted by Gasteiger charge is -2.29. The van der Waals surface area contributed by atoms with Crippen molar-refractivity contribution >= 4 is 39.1 Å². The minimum absolute atomic E-state index is 0.0771. The summed E-state index contributed by atoms with van der Waals surface area (Å²) in [6.07, 6.45) is 3.81. The maximum Gasteiger partial charge on any atom is 0.229 e. The van der Waals surface area contributed by atoms with Crippen LogP contribution in [-0.2, 0) is 26.5 Å². The molecule has 0 amide bonds. The molecule has 1 saturated carbocycles. The summed E-state index contributed by atoms with van der Waals surface area (Å²) in [7, 11) is -1.75. The first-order chi connectivity index (χ1) is 15.8. The van der Waals surface area contributed by atoms with E-state index in [1.54, 1.807) is 24.1 Å². The van der Waals surface area contributed by atoms with E-state index in [0.29, 0.717) is 36.2 Å². The molecule has 2 aromatic heterocycles. The standard InChI is InChI=1S/C19H25ClFN7O4S/c1-28-6-12(4-23-28)24-19-22-5-13(20)18(26-19)25-14-7-31-17-15(8-32-16(14)17)27-33(29,30)9-10-2-11(21)3-10/h4-6,10-11,14-17,27H,2-3,7-9H2,1H3,(H2,22,24,25,26). The highest BCUT2D eigenvalue weighted by atomic mass is 35.5. The molecule has 14 heteroatoms. The number of anilines is 3. The normalized spacial score (nSPS) is 31.2. The third kappa shape index (κ3) is 5.06. The molecule has 0 bridgehead atoms. The van der Waals surface area contributed by atoms with Gasteiger partial charge >= 0.3 is 0 Å². The van der Waals surface area contributed by atoms with Crippen molar-refractivity contribution in [2.45, 2.75) is 43.3 Å². The highest BCUT2D eigenvalue weighted by Gasteiger charge is 2.49. The molecule has 33 heavy (non-hydrogen) atoms. The van der Waals surface area contributed by atoms with E-state index in [1.807, 2.05) is 0 Å². The number of hydrogen-bond donors (Lipinski definition) is 3. The number of hydrogen-bond acceptors (Lipinski definition) is 9. The van der Waals surface area contributed by atoms with Gasteiger partial charge in [-0.05, 0) is 18.8 Å². The fourth-order valence-corrected chi connectivity index (χ4v) is 6.22. The second-order valence-electron chi connectivity index (χ2n) is 8.71. The Kier molecular flexibility index (Phi) is 6.16. The highest BCUT2D eigenvalue weighted by Crippen LogP contribution is 2.33. The van der Waals surface area contributed by atoms with Crippen LogP contribution >= 0.6 is 11.6 Å². The SMILES string of the molecule is Cn1cc(Nc2ncc(Cl)c(NC3COC4C(NS(=O)(=O)CC5CC(F)C5)COC34)n2)cn1. The molecule has 2 saturated heterocycles. The van der Waals surface area contributed by atoms with Crippen LogP contribution in [0, 0.1) is 5.92 Å². The van der Waals surface area contributed by atoms with Crippen LogP contribution in [0.15, 0.2) is 18.6 Å². The van der Waals surface area contributed by atoms with Gasteiger partial charge in [0.15, 0.2) is 5.82 Å². The van der Waals surface area contributed by atoms with E-state index in [4.69, 9.17) is 21.1 Å². The second-order valence-corrected chi connectivity index (χ2v) is 10.9. The van der Waals surface area contributed by atoms with Gasteiger partial charge in [0.25, 0.3) is 0 Å². The number of rotatable bonds is 8. The Morgan fingerprint density at radius 1 is 1.21 bits per heavy atom. The van der Waals surface area contributed by atoms with Crippen molar-refractivity contribution in [3.63, 3.8) is 0 Å². The van der Waals surface area contributed by atoms with Crippen molar-refractivity contribution in [1.82, 2.24) is 24.5 Å². The molecule has 5 rings (SSSR count). The number of nitrogens with zero attached hydrogens (tertiary/aromatic N) is 4. The van der Waals surface area contributed by atoms with E-state index in [9.17, 15) is 12.8 Å². The molecule has 2 aromatic rings. The number of halogens is 2. The molecule has 2 aliphatic heterocycles. The van der Waals surface area contributed by atoms with Crippen LogP contribution < -0.4 is 15.4 Å². The van der Waals surface area contributed by atoms with E-state index >= 15 is 0 Å². The van der Waals surface area contributed by atoms with Gasteiger partial charge in [-0.1, -0.05) is 11.6 Å². The van der Waals surface area contributed by atoms with Crippen molar-refractivity contribution < 1.29 is 22.3 Å². The molecule has 0 radical (unpaired) electrons. The summed E-state index contributed by atoms with van der Waals surface area (Å²) < 4.78 is 54.0. The van der Waals surface area contributed by atoms with Gasteiger partial charge in [-0.15, -0.1) is 0 Å². The molecule has 3 N–H and O–H groups in total. The molecular formula is C19H25ClFN7O4S. The summed E-state index contributed by atoms with van der Waals surface area (Å²) in [6.45, 7) is 0.486. The van der Waals surface area contributed by atoms with Crippen molar-refractivity contribution in [3.05, 3.63) is 23.6 Å². The first kappa shape index (κ1) is 22.7. The van der Waals surface area contributed by atoms with Crippen LogP contribution in [-0.4, -0.2) is 77.6 Å². The van der Waals surface area contributed by atoms with Gasteiger partial charge in [-0.25, -0.2) is 22.5 Å². The van der Waals surface area contributed by atoms with Crippen LogP contribution in [0.1, 0.15) is 12.8 Å². The Bertz CT molecular complexity index is 1110. The number of alkyl halides is 1. The maximum atomic E-state index is 13.0. The minimum Gasteiger partial charge on any atom is -0.371 e. The van der Waals surface area contributed by atoms with Gasteiger partial charge in [-0.3, -0.25) is 4.68 Å². The third-order valence-electron chi connectivity index (χ3n) is 6.04. The highest BCUT2D eigenvalue weighted by molar-refractivity contribution is 7.89. The number of aromatic nitrogens is 4.